The minimum atomic E-state index is 0.362. The molecular formula is C16H27N3. The summed E-state index contributed by atoms with van der Waals surface area (Å²) >= 11 is 0. The summed E-state index contributed by atoms with van der Waals surface area (Å²) in [6.07, 6.45) is 4.20. The lowest BCUT2D eigenvalue weighted by atomic mass is 9.97. The Morgan fingerprint density at radius 1 is 1.37 bits per heavy atom. The van der Waals surface area contributed by atoms with E-state index >= 15 is 0 Å². The van der Waals surface area contributed by atoms with Crippen molar-refractivity contribution in [1.29, 1.82) is 0 Å². The molecule has 0 aliphatic carbocycles. The summed E-state index contributed by atoms with van der Waals surface area (Å²) in [7, 11) is 0. The monoisotopic (exact) mass is 261 g/mol. The SMILES string of the molecule is C=C(C)CCC(NCCC)c1cc(C)nnc1CC. The van der Waals surface area contributed by atoms with E-state index in [1.54, 1.807) is 0 Å². The van der Waals surface area contributed by atoms with Crippen LogP contribution in [-0.4, -0.2) is 16.7 Å². The molecule has 0 amide bonds. The average molecular weight is 261 g/mol. The minimum Gasteiger partial charge on any atom is -0.310 e. The number of hydrogen-bond acceptors (Lipinski definition) is 3. The van der Waals surface area contributed by atoms with Gasteiger partial charge in [0.05, 0.1) is 11.4 Å². The van der Waals surface area contributed by atoms with Gasteiger partial charge in [-0.05, 0) is 57.7 Å². The molecule has 3 nitrogen and oxygen atoms in total. The fraction of sp³-hybridized carbons (Fsp3) is 0.625. The zero-order chi connectivity index (χ0) is 14.3. The first-order chi connectivity index (χ1) is 9.08. The molecule has 0 aliphatic rings. The first-order valence-corrected chi connectivity index (χ1v) is 7.29. The van der Waals surface area contributed by atoms with Crippen LogP contribution in [0.5, 0.6) is 0 Å². The van der Waals surface area contributed by atoms with E-state index in [9.17, 15) is 0 Å². The Balaban J connectivity index is 2.93. The summed E-state index contributed by atoms with van der Waals surface area (Å²) in [6, 6.07) is 2.54. The largest absolute Gasteiger partial charge is 0.310 e. The maximum atomic E-state index is 4.34. The van der Waals surface area contributed by atoms with Gasteiger partial charge in [0.2, 0.25) is 0 Å². The predicted molar refractivity (Wildman–Crippen MR) is 81.2 cm³/mol. The number of allylic oxidation sites excluding steroid dienone is 1. The van der Waals surface area contributed by atoms with Crippen LogP contribution in [-0.2, 0) is 6.42 Å². The lowest BCUT2D eigenvalue weighted by Crippen LogP contribution is -2.24. The Morgan fingerprint density at radius 3 is 2.68 bits per heavy atom. The summed E-state index contributed by atoms with van der Waals surface area (Å²) in [4.78, 5) is 0. The van der Waals surface area contributed by atoms with Gasteiger partial charge in [0.1, 0.15) is 0 Å². The van der Waals surface area contributed by atoms with Crippen LogP contribution in [0.3, 0.4) is 0 Å². The van der Waals surface area contributed by atoms with Crippen molar-refractivity contribution in [3.63, 3.8) is 0 Å². The van der Waals surface area contributed by atoms with E-state index in [0.29, 0.717) is 6.04 Å². The number of nitrogens with zero attached hydrogens (tertiary/aromatic N) is 2. The number of aromatic nitrogens is 2. The van der Waals surface area contributed by atoms with Crippen molar-refractivity contribution in [2.45, 2.75) is 59.4 Å². The maximum Gasteiger partial charge on any atom is 0.0676 e. The molecule has 1 heterocycles. The Labute approximate surface area is 117 Å². The third-order valence-electron chi connectivity index (χ3n) is 3.24. The summed E-state index contributed by atoms with van der Waals surface area (Å²) < 4.78 is 0. The van der Waals surface area contributed by atoms with Crippen molar-refractivity contribution >= 4 is 0 Å². The van der Waals surface area contributed by atoms with E-state index in [1.165, 1.54) is 11.1 Å². The third kappa shape index (κ3) is 5.11. The van der Waals surface area contributed by atoms with Gasteiger partial charge in [0, 0.05) is 6.04 Å². The van der Waals surface area contributed by atoms with E-state index in [2.05, 4.69) is 48.9 Å². The van der Waals surface area contributed by atoms with Crippen molar-refractivity contribution in [2.75, 3.05) is 6.54 Å². The van der Waals surface area contributed by atoms with Crippen molar-refractivity contribution in [2.24, 2.45) is 0 Å². The molecule has 0 bridgehead atoms. The summed E-state index contributed by atoms with van der Waals surface area (Å²) in [5.41, 5.74) is 4.65. The first kappa shape index (κ1) is 15.8. The van der Waals surface area contributed by atoms with Gasteiger partial charge in [-0.25, -0.2) is 0 Å². The van der Waals surface area contributed by atoms with Crippen LogP contribution >= 0.6 is 0 Å². The van der Waals surface area contributed by atoms with Crippen LogP contribution < -0.4 is 5.32 Å². The van der Waals surface area contributed by atoms with Crippen molar-refractivity contribution < 1.29 is 0 Å². The molecule has 1 atom stereocenters. The zero-order valence-electron chi connectivity index (χ0n) is 12.8. The molecule has 19 heavy (non-hydrogen) atoms. The molecule has 3 heteroatoms. The Bertz CT molecular complexity index is 412. The Kier molecular flexibility index (Phi) is 6.71. The van der Waals surface area contributed by atoms with Crippen LogP contribution in [0.2, 0.25) is 0 Å². The lowest BCUT2D eigenvalue weighted by Gasteiger charge is -2.21. The second kappa shape index (κ2) is 8.05. The zero-order valence-corrected chi connectivity index (χ0v) is 12.8. The van der Waals surface area contributed by atoms with Crippen LogP contribution in [0.4, 0.5) is 0 Å². The number of hydrogen-bond donors (Lipinski definition) is 1. The molecular weight excluding hydrogens is 234 g/mol. The molecule has 1 aromatic rings. The molecule has 0 fully saturated rings. The number of rotatable bonds is 8. The van der Waals surface area contributed by atoms with Crippen molar-refractivity contribution in [3.05, 3.63) is 35.2 Å². The topological polar surface area (TPSA) is 37.8 Å². The fourth-order valence-corrected chi connectivity index (χ4v) is 2.19. The van der Waals surface area contributed by atoms with Crippen LogP contribution in [0.15, 0.2) is 18.2 Å². The Morgan fingerprint density at radius 2 is 2.11 bits per heavy atom. The van der Waals surface area contributed by atoms with Crippen LogP contribution in [0, 0.1) is 6.92 Å². The maximum absolute atomic E-state index is 4.34. The molecule has 1 rings (SSSR count). The molecule has 0 saturated carbocycles. The highest BCUT2D eigenvalue weighted by atomic mass is 15.1. The number of aryl methyl sites for hydroxylation is 2. The molecule has 0 spiro atoms. The molecule has 1 unspecified atom stereocenters. The minimum absolute atomic E-state index is 0.362. The van der Waals surface area contributed by atoms with E-state index in [-0.39, 0.29) is 0 Å². The van der Waals surface area contributed by atoms with E-state index < -0.39 is 0 Å². The smallest absolute Gasteiger partial charge is 0.0676 e. The van der Waals surface area contributed by atoms with Gasteiger partial charge >= 0.3 is 0 Å². The average Bonchev–Trinajstić information content (AvgIpc) is 2.38. The van der Waals surface area contributed by atoms with Gasteiger partial charge in [-0.2, -0.15) is 10.2 Å². The molecule has 0 aliphatic heterocycles. The van der Waals surface area contributed by atoms with E-state index in [0.717, 1.165) is 43.6 Å². The van der Waals surface area contributed by atoms with Crippen molar-refractivity contribution in [3.8, 4) is 0 Å². The summed E-state index contributed by atoms with van der Waals surface area (Å²) in [5.74, 6) is 0. The second-order valence-electron chi connectivity index (χ2n) is 5.24. The van der Waals surface area contributed by atoms with Gasteiger partial charge in [0.15, 0.2) is 0 Å². The van der Waals surface area contributed by atoms with Crippen molar-refractivity contribution in [1.82, 2.24) is 15.5 Å². The normalized spacial score (nSPS) is 12.4. The predicted octanol–water partition coefficient (Wildman–Crippen LogP) is 3.74. The van der Waals surface area contributed by atoms with Gasteiger partial charge in [0.25, 0.3) is 0 Å². The highest BCUT2D eigenvalue weighted by Gasteiger charge is 2.15. The van der Waals surface area contributed by atoms with Gasteiger partial charge in [-0.3, -0.25) is 0 Å². The quantitative estimate of drug-likeness (QED) is 0.724. The molecule has 106 valence electrons. The third-order valence-corrected chi connectivity index (χ3v) is 3.24. The molecule has 1 aromatic heterocycles. The highest BCUT2D eigenvalue weighted by Crippen LogP contribution is 2.23. The van der Waals surface area contributed by atoms with Gasteiger partial charge in [-0.1, -0.05) is 19.4 Å². The van der Waals surface area contributed by atoms with Gasteiger partial charge < -0.3 is 5.32 Å². The second-order valence-corrected chi connectivity index (χ2v) is 5.24. The summed E-state index contributed by atoms with van der Waals surface area (Å²) in [5, 5.41) is 12.1. The summed E-state index contributed by atoms with van der Waals surface area (Å²) in [6.45, 7) is 13.5. The lowest BCUT2D eigenvalue weighted by molar-refractivity contribution is 0.492. The molecule has 0 radical (unpaired) electrons. The molecule has 1 N–H and O–H groups in total. The molecule has 0 aromatic carbocycles. The van der Waals surface area contributed by atoms with E-state index in [1.807, 2.05) is 6.92 Å². The van der Waals surface area contributed by atoms with Crippen LogP contribution in [0.25, 0.3) is 0 Å². The van der Waals surface area contributed by atoms with Crippen LogP contribution in [0.1, 0.15) is 63.0 Å². The highest BCUT2D eigenvalue weighted by molar-refractivity contribution is 5.25. The van der Waals surface area contributed by atoms with E-state index in [4.69, 9.17) is 0 Å². The first-order valence-electron chi connectivity index (χ1n) is 7.29. The standard InChI is InChI=1S/C16H27N3/c1-6-10-17-16(9-8-12(3)4)14-11-13(5)18-19-15(14)7-2/h11,16-17H,3,6-10H2,1-2,4-5H3. The van der Waals surface area contributed by atoms with Gasteiger partial charge in [-0.15, -0.1) is 6.58 Å². The Hall–Kier alpha value is -1.22. The fourth-order valence-electron chi connectivity index (χ4n) is 2.19. The number of nitrogens with one attached hydrogen (secondary N) is 1. The molecule has 0 saturated heterocycles.